The topological polar surface area (TPSA) is 32.9 Å². The molecule has 12 heavy (non-hydrogen) atoms. The number of carbonyl (C=O) groups excluding carboxylic acids is 1. The van der Waals surface area contributed by atoms with Gasteiger partial charge in [0.25, 0.3) is 6.43 Å². The highest BCUT2D eigenvalue weighted by Gasteiger charge is 2.12. The Morgan fingerprint density at radius 1 is 1.67 bits per heavy atom. The predicted octanol–water partition coefficient (Wildman–Crippen LogP) is 2.37. The van der Waals surface area contributed by atoms with Crippen molar-refractivity contribution < 1.29 is 13.6 Å². The third kappa shape index (κ3) is 1.82. The Morgan fingerprint density at radius 3 is 2.75 bits per heavy atom. The van der Waals surface area contributed by atoms with E-state index in [1.807, 2.05) is 0 Å². The molecule has 0 aliphatic heterocycles. The summed E-state index contributed by atoms with van der Waals surface area (Å²) < 4.78 is 23.9. The van der Waals surface area contributed by atoms with E-state index >= 15 is 0 Å². The number of nitrogens with one attached hydrogen (secondary N) is 1. The van der Waals surface area contributed by atoms with E-state index < -0.39 is 6.43 Å². The SMILES string of the molecule is O=C(CCl)c1c[nH]c(C(F)F)c1. The average Bonchev–Trinajstić information content (AvgIpc) is 2.51. The van der Waals surface area contributed by atoms with Crippen LogP contribution < -0.4 is 0 Å². The molecular weight excluding hydrogens is 188 g/mol. The van der Waals surface area contributed by atoms with Crippen molar-refractivity contribution in [3.8, 4) is 0 Å². The monoisotopic (exact) mass is 193 g/mol. The van der Waals surface area contributed by atoms with Crippen LogP contribution in [-0.4, -0.2) is 16.6 Å². The Labute approximate surface area is 72.5 Å². The molecule has 0 saturated heterocycles. The van der Waals surface area contributed by atoms with Gasteiger partial charge in [-0.15, -0.1) is 11.6 Å². The van der Waals surface area contributed by atoms with Crippen molar-refractivity contribution in [2.75, 3.05) is 5.88 Å². The predicted molar refractivity (Wildman–Crippen MR) is 40.8 cm³/mol. The quantitative estimate of drug-likeness (QED) is 0.580. The summed E-state index contributed by atoms with van der Waals surface area (Å²) in [5.74, 6) is -0.555. The van der Waals surface area contributed by atoms with Gasteiger partial charge >= 0.3 is 0 Å². The molecule has 2 nitrogen and oxygen atoms in total. The van der Waals surface area contributed by atoms with Crippen LogP contribution in [-0.2, 0) is 0 Å². The molecule has 1 aromatic rings. The highest BCUT2D eigenvalue weighted by molar-refractivity contribution is 6.30. The molecule has 1 rings (SSSR count). The van der Waals surface area contributed by atoms with E-state index in [4.69, 9.17) is 11.6 Å². The van der Waals surface area contributed by atoms with Gasteiger partial charge in [-0.05, 0) is 6.07 Å². The Bertz CT molecular complexity index is 285. The van der Waals surface area contributed by atoms with Crippen LogP contribution in [0.3, 0.4) is 0 Å². The number of H-pyrrole nitrogens is 1. The normalized spacial score (nSPS) is 10.7. The van der Waals surface area contributed by atoms with Crippen molar-refractivity contribution >= 4 is 17.4 Å². The van der Waals surface area contributed by atoms with Crippen molar-refractivity contribution in [3.63, 3.8) is 0 Å². The maximum atomic E-state index is 12.0. The van der Waals surface area contributed by atoms with Crippen molar-refractivity contribution in [2.45, 2.75) is 6.43 Å². The number of rotatable bonds is 3. The van der Waals surface area contributed by atoms with Crippen LogP contribution in [0, 0.1) is 0 Å². The minimum atomic E-state index is -2.58. The zero-order chi connectivity index (χ0) is 9.14. The van der Waals surface area contributed by atoms with E-state index in [2.05, 4.69) is 4.98 Å². The molecule has 1 heterocycles. The van der Waals surface area contributed by atoms with Crippen LogP contribution in [0.4, 0.5) is 8.78 Å². The van der Waals surface area contributed by atoms with E-state index in [0.717, 1.165) is 6.07 Å². The Balaban J connectivity index is 2.84. The van der Waals surface area contributed by atoms with Gasteiger partial charge < -0.3 is 4.98 Å². The second kappa shape index (κ2) is 3.67. The maximum Gasteiger partial charge on any atom is 0.278 e. The third-order valence-corrected chi connectivity index (χ3v) is 1.63. The first-order valence-corrected chi connectivity index (χ1v) is 3.74. The van der Waals surface area contributed by atoms with Crippen LogP contribution in [0.25, 0.3) is 0 Å². The first-order chi connectivity index (χ1) is 5.65. The number of aromatic nitrogens is 1. The number of hydrogen-bond acceptors (Lipinski definition) is 1. The lowest BCUT2D eigenvalue weighted by molar-refractivity contribution is 0.102. The molecule has 0 radical (unpaired) electrons. The minimum absolute atomic E-state index is 0.194. The highest BCUT2D eigenvalue weighted by Crippen LogP contribution is 2.18. The van der Waals surface area contributed by atoms with Gasteiger partial charge in [0.15, 0.2) is 5.78 Å². The fraction of sp³-hybridized carbons (Fsp3) is 0.286. The number of halogens is 3. The second-order valence-corrected chi connectivity index (χ2v) is 2.47. The molecule has 1 aromatic heterocycles. The van der Waals surface area contributed by atoms with Gasteiger partial charge in [0, 0.05) is 11.8 Å². The fourth-order valence-corrected chi connectivity index (χ4v) is 0.930. The minimum Gasteiger partial charge on any atom is -0.360 e. The van der Waals surface area contributed by atoms with Crippen molar-refractivity contribution in [1.82, 2.24) is 4.98 Å². The van der Waals surface area contributed by atoms with E-state index in [1.54, 1.807) is 0 Å². The maximum absolute atomic E-state index is 12.0. The second-order valence-electron chi connectivity index (χ2n) is 2.20. The largest absolute Gasteiger partial charge is 0.360 e. The summed E-state index contributed by atoms with van der Waals surface area (Å²) in [6.07, 6.45) is -1.35. The van der Waals surface area contributed by atoms with Crippen LogP contribution in [0.1, 0.15) is 22.5 Å². The van der Waals surface area contributed by atoms with Gasteiger partial charge in [0.05, 0.1) is 11.6 Å². The van der Waals surface area contributed by atoms with E-state index in [1.165, 1.54) is 6.20 Å². The van der Waals surface area contributed by atoms with Crippen LogP contribution in [0.2, 0.25) is 0 Å². The molecule has 5 heteroatoms. The molecule has 0 aliphatic carbocycles. The molecule has 0 spiro atoms. The number of alkyl halides is 3. The molecule has 0 bridgehead atoms. The molecule has 1 N–H and O–H groups in total. The summed E-state index contributed by atoms with van der Waals surface area (Å²) in [4.78, 5) is 13.1. The Hall–Kier alpha value is -0.900. The lowest BCUT2D eigenvalue weighted by Gasteiger charge is -1.90. The van der Waals surface area contributed by atoms with Gasteiger partial charge in [-0.2, -0.15) is 0 Å². The lowest BCUT2D eigenvalue weighted by atomic mass is 10.2. The number of aromatic amines is 1. The molecule has 0 fully saturated rings. The van der Waals surface area contributed by atoms with Crippen LogP contribution in [0.5, 0.6) is 0 Å². The van der Waals surface area contributed by atoms with Crippen molar-refractivity contribution in [2.24, 2.45) is 0 Å². The van der Waals surface area contributed by atoms with Crippen LogP contribution in [0.15, 0.2) is 12.3 Å². The Morgan fingerprint density at radius 2 is 2.33 bits per heavy atom. The van der Waals surface area contributed by atoms with Gasteiger partial charge in [-0.25, -0.2) is 8.78 Å². The summed E-state index contributed by atoms with van der Waals surface area (Å²) in [7, 11) is 0. The number of Topliss-reactive ketones (excluding diaryl/α,β-unsaturated/α-hetero) is 1. The lowest BCUT2D eigenvalue weighted by Crippen LogP contribution is -1.97. The van der Waals surface area contributed by atoms with Gasteiger partial charge in [0.1, 0.15) is 0 Å². The molecule has 66 valence electrons. The molecule has 0 unspecified atom stereocenters. The molecule has 0 saturated carbocycles. The van der Waals surface area contributed by atoms with Gasteiger partial charge in [-0.1, -0.05) is 0 Å². The standard InChI is InChI=1S/C7H6ClF2NO/c8-2-6(12)4-1-5(7(9)10)11-3-4/h1,3,7,11H,2H2. The van der Waals surface area contributed by atoms with Gasteiger partial charge in [0.2, 0.25) is 0 Å². The van der Waals surface area contributed by atoms with Gasteiger partial charge in [-0.3, -0.25) is 4.79 Å². The summed E-state index contributed by atoms with van der Waals surface area (Å²) in [6, 6.07) is 1.11. The molecule has 0 aliphatic rings. The third-order valence-electron chi connectivity index (χ3n) is 1.38. The van der Waals surface area contributed by atoms with Crippen molar-refractivity contribution in [1.29, 1.82) is 0 Å². The number of carbonyl (C=O) groups is 1. The smallest absolute Gasteiger partial charge is 0.278 e. The van der Waals surface area contributed by atoms with Crippen LogP contribution >= 0.6 is 11.6 Å². The summed E-state index contributed by atoms with van der Waals surface area (Å²) in [5, 5.41) is 0. The Kier molecular flexibility index (Phi) is 2.81. The van der Waals surface area contributed by atoms with E-state index in [9.17, 15) is 13.6 Å². The summed E-state index contributed by atoms with van der Waals surface area (Å²) >= 11 is 5.22. The fourth-order valence-electron chi connectivity index (χ4n) is 0.776. The molecule has 0 amide bonds. The zero-order valence-corrected chi connectivity index (χ0v) is 6.74. The van der Waals surface area contributed by atoms with E-state index in [-0.39, 0.29) is 22.9 Å². The average molecular weight is 194 g/mol. The molecular formula is C7H6ClF2NO. The first kappa shape index (κ1) is 9.19. The van der Waals surface area contributed by atoms with Crippen molar-refractivity contribution in [3.05, 3.63) is 23.5 Å². The zero-order valence-electron chi connectivity index (χ0n) is 5.98. The molecule has 0 aromatic carbocycles. The van der Waals surface area contributed by atoms with E-state index in [0.29, 0.717) is 0 Å². The first-order valence-electron chi connectivity index (χ1n) is 3.20. The summed E-state index contributed by atoms with van der Waals surface area (Å²) in [5.41, 5.74) is -0.0660. The highest BCUT2D eigenvalue weighted by atomic mass is 35.5. The summed E-state index contributed by atoms with van der Waals surface area (Å²) in [6.45, 7) is 0. The number of ketones is 1. The molecule has 0 atom stereocenters. The number of hydrogen-bond donors (Lipinski definition) is 1.